The van der Waals surface area contributed by atoms with E-state index < -0.39 is 11.7 Å². The van der Waals surface area contributed by atoms with Gasteiger partial charge in [-0.05, 0) is 39.3 Å². The van der Waals surface area contributed by atoms with Crippen LogP contribution in [0.5, 0.6) is 0 Å². The molecular formula is C15H19Cl3N2O2. The normalized spacial score (nSPS) is 20.6. The smallest absolute Gasteiger partial charge is 0.407 e. The summed E-state index contributed by atoms with van der Waals surface area (Å²) >= 11 is 18.3. The van der Waals surface area contributed by atoms with Crippen molar-refractivity contribution in [3.05, 3.63) is 32.8 Å². The molecule has 0 aromatic heterocycles. The van der Waals surface area contributed by atoms with Gasteiger partial charge in [0.1, 0.15) is 5.60 Å². The van der Waals surface area contributed by atoms with E-state index in [1.807, 2.05) is 20.8 Å². The third-order valence-electron chi connectivity index (χ3n) is 3.17. The van der Waals surface area contributed by atoms with Crippen molar-refractivity contribution in [1.29, 1.82) is 0 Å². The third-order valence-corrected chi connectivity index (χ3v) is 4.37. The topological polar surface area (TPSA) is 50.4 Å². The molecule has 0 radical (unpaired) electrons. The Morgan fingerprint density at radius 1 is 1.23 bits per heavy atom. The van der Waals surface area contributed by atoms with Gasteiger partial charge in [0, 0.05) is 29.2 Å². The van der Waals surface area contributed by atoms with Crippen molar-refractivity contribution in [1.82, 2.24) is 10.6 Å². The van der Waals surface area contributed by atoms with Gasteiger partial charge in [0.25, 0.3) is 0 Å². The summed E-state index contributed by atoms with van der Waals surface area (Å²) in [6.45, 7) is 5.99. The van der Waals surface area contributed by atoms with E-state index in [9.17, 15) is 4.79 Å². The lowest BCUT2D eigenvalue weighted by molar-refractivity contribution is 0.0522. The molecule has 0 aliphatic heterocycles. The fourth-order valence-electron chi connectivity index (χ4n) is 2.00. The van der Waals surface area contributed by atoms with E-state index in [0.29, 0.717) is 21.6 Å². The lowest BCUT2D eigenvalue weighted by Gasteiger charge is -2.19. The molecule has 2 rings (SSSR count). The van der Waals surface area contributed by atoms with Gasteiger partial charge in [-0.3, -0.25) is 0 Å². The quantitative estimate of drug-likeness (QED) is 0.777. The van der Waals surface area contributed by atoms with E-state index in [1.165, 1.54) is 0 Å². The molecule has 2 N–H and O–H groups in total. The number of nitrogens with one attached hydrogen (secondary N) is 2. The van der Waals surface area contributed by atoms with Crippen molar-refractivity contribution in [3.8, 4) is 0 Å². The zero-order valence-electron chi connectivity index (χ0n) is 12.7. The number of amides is 1. The maximum Gasteiger partial charge on any atom is 0.407 e. The van der Waals surface area contributed by atoms with Crippen LogP contribution in [-0.4, -0.2) is 23.8 Å². The molecule has 0 saturated heterocycles. The summed E-state index contributed by atoms with van der Waals surface area (Å²) in [5.41, 5.74) is 0.266. The van der Waals surface area contributed by atoms with Crippen LogP contribution in [0.1, 0.15) is 32.8 Å². The van der Waals surface area contributed by atoms with E-state index in [1.54, 1.807) is 12.1 Å². The fraction of sp³-hybridized carbons (Fsp3) is 0.533. The average Bonchev–Trinajstić information content (AvgIpc) is 3.10. The number of benzene rings is 1. The molecule has 2 unspecified atom stereocenters. The zero-order valence-corrected chi connectivity index (χ0v) is 14.9. The highest BCUT2D eigenvalue weighted by molar-refractivity contribution is 6.44. The molecule has 1 aromatic rings. The Morgan fingerprint density at radius 3 is 2.50 bits per heavy atom. The summed E-state index contributed by atoms with van der Waals surface area (Å²) in [7, 11) is 0. The van der Waals surface area contributed by atoms with Crippen molar-refractivity contribution >= 4 is 40.9 Å². The van der Waals surface area contributed by atoms with E-state index in [2.05, 4.69) is 10.6 Å². The monoisotopic (exact) mass is 364 g/mol. The number of hydrogen-bond acceptors (Lipinski definition) is 3. The molecule has 122 valence electrons. The van der Waals surface area contributed by atoms with Gasteiger partial charge in [-0.25, -0.2) is 4.79 Å². The maximum absolute atomic E-state index is 11.7. The van der Waals surface area contributed by atoms with E-state index in [-0.39, 0.29) is 12.1 Å². The lowest BCUT2D eigenvalue weighted by atomic mass is 10.2. The molecular weight excluding hydrogens is 347 g/mol. The second-order valence-electron chi connectivity index (χ2n) is 6.30. The summed E-state index contributed by atoms with van der Waals surface area (Å²) in [6.07, 6.45) is 0.440. The summed E-state index contributed by atoms with van der Waals surface area (Å²) in [4.78, 5) is 11.7. The number of carbonyl (C=O) groups excluding carboxylic acids is 1. The highest BCUT2D eigenvalue weighted by Crippen LogP contribution is 2.32. The van der Waals surface area contributed by atoms with Gasteiger partial charge in [0.05, 0.1) is 10.0 Å². The minimum atomic E-state index is -0.496. The highest BCUT2D eigenvalue weighted by Gasteiger charge is 2.39. The molecule has 1 aliphatic carbocycles. The number of hydrogen-bond donors (Lipinski definition) is 2. The zero-order chi connectivity index (χ0) is 16.5. The molecule has 22 heavy (non-hydrogen) atoms. The largest absolute Gasteiger partial charge is 0.444 e. The van der Waals surface area contributed by atoms with Gasteiger partial charge < -0.3 is 15.4 Å². The number of ether oxygens (including phenoxy) is 1. The van der Waals surface area contributed by atoms with Crippen molar-refractivity contribution in [2.24, 2.45) is 0 Å². The summed E-state index contributed by atoms with van der Waals surface area (Å²) in [6, 6.07) is 3.63. The molecule has 1 aliphatic rings. The first-order valence-electron chi connectivity index (χ1n) is 7.02. The summed E-state index contributed by atoms with van der Waals surface area (Å²) < 4.78 is 5.22. The Bertz CT molecular complexity index is 573. The summed E-state index contributed by atoms with van der Waals surface area (Å²) in [5.74, 6) is 0. The maximum atomic E-state index is 11.7. The van der Waals surface area contributed by atoms with Crippen LogP contribution in [0.3, 0.4) is 0 Å². The number of halogens is 3. The molecule has 0 spiro atoms. The predicted octanol–water partition coefficient (Wildman–Crippen LogP) is 4.40. The molecule has 1 amide bonds. The van der Waals surface area contributed by atoms with Gasteiger partial charge in [0.2, 0.25) is 0 Å². The van der Waals surface area contributed by atoms with Gasteiger partial charge in [-0.2, -0.15) is 0 Å². The minimum absolute atomic E-state index is 0.0617. The van der Waals surface area contributed by atoms with Crippen molar-refractivity contribution in [2.75, 3.05) is 0 Å². The van der Waals surface area contributed by atoms with E-state index in [4.69, 9.17) is 39.5 Å². The highest BCUT2D eigenvalue weighted by atomic mass is 35.5. The van der Waals surface area contributed by atoms with Gasteiger partial charge in [0.15, 0.2) is 0 Å². The van der Waals surface area contributed by atoms with Gasteiger partial charge >= 0.3 is 6.09 Å². The fourth-order valence-corrected chi connectivity index (χ4v) is 2.68. The molecule has 0 bridgehead atoms. The Kier molecular flexibility index (Phi) is 5.49. The molecule has 4 nitrogen and oxygen atoms in total. The van der Waals surface area contributed by atoms with Crippen molar-refractivity contribution < 1.29 is 9.53 Å². The second kappa shape index (κ2) is 6.83. The molecule has 1 saturated carbocycles. The minimum Gasteiger partial charge on any atom is -0.444 e. The molecule has 0 heterocycles. The predicted molar refractivity (Wildman–Crippen MR) is 89.9 cm³/mol. The second-order valence-corrected chi connectivity index (χ2v) is 7.49. The Balaban J connectivity index is 1.81. The first-order valence-corrected chi connectivity index (χ1v) is 8.16. The Hall–Kier alpha value is -0.680. The summed E-state index contributed by atoms with van der Waals surface area (Å²) in [5, 5.41) is 7.62. The SMILES string of the molecule is CC(C)(C)OC(=O)NC1CC1NCc1c(Cl)ccc(Cl)c1Cl. The van der Waals surface area contributed by atoms with Gasteiger partial charge in [-0.15, -0.1) is 0 Å². The van der Waals surface area contributed by atoms with Crippen LogP contribution in [-0.2, 0) is 11.3 Å². The molecule has 1 aromatic carbocycles. The van der Waals surface area contributed by atoms with Crippen LogP contribution in [0, 0.1) is 0 Å². The van der Waals surface area contributed by atoms with E-state index in [0.717, 1.165) is 12.0 Å². The van der Waals surface area contributed by atoms with Crippen molar-refractivity contribution in [3.63, 3.8) is 0 Å². The number of alkyl carbamates (subject to hydrolysis) is 1. The first-order chi connectivity index (χ1) is 10.2. The third kappa shape index (κ3) is 4.92. The molecule has 2 atom stereocenters. The Labute approximate surface area is 145 Å². The van der Waals surface area contributed by atoms with Crippen LogP contribution >= 0.6 is 34.8 Å². The molecule has 1 fully saturated rings. The van der Waals surface area contributed by atoms with E-state index >= 15 is 0 Å². The van der Waals surface area contributed by atoms with Crippen molar-refractivity contribution in [2.45, 2.75) is 51.4 Å². The van der Waals surface area contributed by atoms with Crippen LogP contribution in [0.25, 0.3) is 0 Å². The van der Waals surface area contributed by atoms with Crippen LogP contribution in [0.15, 0.2) is 12.1 Å². The first kappa shape index (κ1) is 17.7. The van der Waals surface area contributed by atoms with Crippen LogP contribution in [0.2, 0.25) is 15.1 Å². The Morgan fingerprint density at radius 2 is 1.86 bits per heavy atom. The van der Waals surface area contributed by atoms with Crippen LogP contribution in [0.4, 0.5) is 4.79 Å². The lowest BCUT2D eigenvalue weighted by Crippen LogP contribution is -2.36. The number of carbonyl (C=O) groups is 1. The average molecular weight is 366 g/mol. The van der Waals surface area contributed by atoms with Gasteiger partial charge in [-0.1, -0.05) is 34.8 Å². The standard InChI is InChI=1S/C15H19Cl3N2O2/c1-15(2,3)22-14(21)20-12-6-11(12)19-7-8-9(16)4-5-10(17)13(8)18/h4-5,11-12,19H,6-7H2,1-3H3,(H,20,21). The van der Waals surface area contributed by atoms with Crippen LogP contribution < -0.4 is 10.6 Å². The number of rotatable bonds is 4. The molecule has 7 heteroatoms.